The Labute approximate surface area is 133 Å². The van der Waals surface area contributed by atoms with Gasteiger partial charge in [-0.15, -0.1) is 0 Å². The minimum atomic E-state index is -0.0111. The lowest BCUT2D eigenvalue weighted by atomic mass is 9.58. The normalized spacial score (nSPS) is 39.5. The van der Waals surface area contributed by atoms with E-state index in [-0.39, 0.29) is 11.4 Å². The van der Waals surface area contributed by atoms with Gasteiger partial charge >= 0.3 is 5.97 Å². The first kappa shape index (κ1) is 14.3. The van der Waals surface area contributed by atoms with Crippen molar-refractivity contribution in [1.29, 1.82) is 0 Å². The average molecular weight is 298 g/mol. The SMILES string of the molecule is COC(=O)CC12CCCC3CC(c4ccccc4)(CC3C1)C2. The van der Waals surface area contributed by atoms with Gasteiger partial charge in [0.15, 0.2) is 0 Å². The first-order chi connectivity index (χ1) is 10.6. The fourth-order valence-corrected chi connectivity index (χ4v) is 6.15. The van der Waals surface area contributed by atoms with Crippen LogP contribution in [0.15, 0.2) is 30.3 Å². The van der Waals surface area contributed by atoms with Crippen molar-refractivity contribution in [3.8, 4) is 0 Å². The molecule has 0 spiro atoms. The average Bonchev–Trinajstić information content (AvgIpc) is 2.73. The number of hydrogen-bond acceptors (Lipinski definition) is 2. The zero-order valence-corrected chi connectivity index (χ0v) is 13.5. The Hall–Kier alpha value is -1.31. The quantitative estimate of drug-likeness (QED) is 0.769. The molecule has 2 nitrogen and oxygen atoms in total. The van der Waals surface area contributed by atoms with Crippen LogP contribution in [-0.4, -0.2) is 13.1 Å². The summed E-state index contributed by atoms with van der Waals surface area (Å²) in [6, 6.07) is 11.1. The van der Waals surface area contributed by atoms with Crippen molar-refractivity contribution < 1.29 is 9.53 Å². The predicted molar refractivity (Wildman–Crippen MR) is 86.5 cm³/mol. The molecule has 3 aliphatic carbocycles. The van der Waals surface area contributed by atoms with E-state index in [1.54, 1.807) is 0 Å². The van der Waals surface area contributed by atoms with Crippen molar-refractivity contribution in [2.75, 3.05) is 7.11 Å². The molecule has 4 unspecified atom stereocenters. The predicted octanol–water partition coefficient (Wildman–Crippen LogP) is 4.48. The Balaban J connectivity index is 1.72. The highest BCUT2D eigenvalue weighted by Crippen LogP contribution is 2.65. The summed E-state index contributed by atoms with van der Waals surface area (Å²) < 4.78 is 5.03. The molecule has 0 amide bonds. The van der Waals surface area contributed by atoms with Gasteiger partial charge in [0.1, 0.15) is 0 Å². The first-order valence-corrected chi connectivity index (χ1v) is 8.77. The van der Waals surface area contributed by atoms with Gasteiger partial charge in [0, 0.05) is 0 Å². The van der Waals surface area contributed by atoms with E-state index in [1.807, 2.05) is 0 Å². The van der Waals surface area contributed by atoms with Crippen LogP contribution in [0.5, 0.6) is 0 Å². The second-order valence-corrected chi connectivity index (χ2v) is 8.10. The lowest BCUT2D eigenvalue weighted by Gasteiger charge is -2.46. The largest absolute Gasteiger partial charge is 0.469 e. The Morgan fingerprint density at radius 2 is 1.95 bits per heavy atom. The number of methoxy groups -OCH3 is 1. The van der Waals surface area contributed by atoms with Crippen LogP contribution in [0.4, 0.5) is 0 Å². The maximum absolute atomic E-state index is 12.0. The minimum Gasteiger partial charge on any atom is -0.469 e. The molecule has 0 aliphatic heterocycles. The molecule has 0 aromatic heterocycles. The van der Waals surface area contributed by atoms with E-state index in [0.717, 1.165) is 11.8 Å². The minimum absolute atomic E-state index is 0.0111. The van der Waals surface area contributed by atoms with E-state index in [0.29, 0.717) is 11.8 Å². The lowest BCUT2D eigenvalue weighted by molar-refractivity contribution is -0.144. The summed E-state index contributed by atoms with van der Waals surface area (Å²) in [4.78, 5) is 12.0. The molecule has 3 aliphatic rings. The monoisotopic (exact) mass is 298 g/mol. The number of fused-ring (bicyclic) bond motifs is 2. The standard InChI is InChI=1S/C20H26O2/c1-22-18(21)13-19-9-5-6-15-11-20(14-19,12-16(15)10-19)17-7-3-2-4-8-17/h2-4,7-8,15-16H,5-6,9-14H2,1H3. The topological polar surface area (TPSA) is 26.3 Å². The van der Waals surface area contributed by atoms with Crippen molar-refractivity contribution in [3.05, 3.63) is 35.9 Å². The highest BCUT2D eigenvalue weighted by atomic mass is 16.5. The third-order valence-corrected chi connectivity index (χ3v) is 6.80. The zero-order chi connectivity index (χ0) is 15.2. The molecule has 1 aromatic carbocycles. The Kier molecular flexibility index (Phi) is 3.32. The van der Waals surface area contributed by atoms with Crippen LogP contribution < -0.4 is 0 Å². The van der Waals surface area contributed by atoms with Crippen LogP contribution in [0.1, 0.15) is 56.9 Å². The van der Waals surface area contributed by atoms with E-state index >= 15 is 0 Å². The summed E-state index contributed by atoms with van der Waals surface area (Å²) in [5.74, 6) is 1.69. The molecule has 3 bridgehead atoms. The molecule has 1 aromatic rings. The van der Waals surface area contributed by atoms with Crippen molar-refractivity contribution in [2.45, 2.75) is 56.8 Å². The summed E-state index contributed by atoms with van der Waals surface area (Å²) in [5, 5.41) is 0. The smallest absolute Gasteiger partial charge is 0.306 e. The van der Waals surface area contributed by atoms with Crippen molar-refractivity contribution in [1.82, 2.24) is 0 Å². The molecule has 0 heterocycles. The molecular formula is C20H26O2. The third kappa shape index (κ3) is 2.19. The van der Waals surface area contributed by atoms with Crippen molar-refractivity contribution in [3.63, 3.8) is 0 Å². The maximum atomic E-state index is 12.0. The van der Waals surface area contributed by atoms with Gasteiger partial charge in [-0.05, 0) is 60.3 Å². The van der Waals surface area contributed by atoms with Crippen LogP contribution >= 0.6 is 0 Å². The van der Waals surface area contributed by atoms with Crippen LogP contribution in [0.2, 0.25) is 0 Å². The number of carbonyl (C=O) groups is 1. The van der Waals surface area contributed by atoms with Crippen LogP contribution in [-0.2, 0) is 14.9 Å². The fourth-order valence-electron chi connectivity index (χ4n) is 6.15. The Bertz CT molecular complexity index is 566. The van der Waals surface area contributed by atoms with E-state index in [4.69, 9.17) is 4.74 Å². The molecule has 3 saturated carbocycles. The van der Waals surface area contributed by atoms with Gasteiger partial charge in [-0.1, -0.05) is 43.2 Å². The molecule has 4 atom stereocenters. The van der Waals surface area contributed by atoms with E-state index in [2.05, 4.69) is 30.3 Å². The Morgan fingerprint density at radius 1 is 1.18 bits per heavy atom. The summed E-state index contributed by atoms with van der Waals surface area (Å²) in [6.07, 6.45) is 9.61. The molecule has 0 N–H and O–H groups in total. The van der Waals surface area contributed by atoms with Gasteiger partial charge < -0.3 is 4.74 Å². The molecule has 2 heteroatoms. The lowest BCUT2D eigenvalue weighted by Crippen LogP contribution is -2.39. The van der Waals surface area contributed by atoms with Crippen LogP contribution in [0, 0.1) is 17.3 Å². The Morgan fingerprint density at radius 3 is 2.73 bits per heavy atom. The summed E-state index contributed by atoms with van der Waals surface area (Å²) in [7, 11) is 1.53. The second kappa shape index (κ2) is 5.11. The maximum Gasteiger partial charge on any atom is 0.306 e. The van der Waals surface area contributed by atoms with Gasteiger partial charge in [-0.2, -0.15) is 0 Å². The number of hydrogen-bond donors (Lipinski definition) is 0. The van der Waals surface area contributed by atoms with Crippen LogP contribution in [0.3, 0.4) is 0 Å². The number of benzene rings is 1. The number of rotatable bonds is 3. The highest BCUT2D eigenvalue weighted by molar-refractivity contribution is 5.70. The van der Waals surface area contributed by atoms with Gasteiger partial charge in [-0.3, -0.25) is 4.79 Å². The first-order valence-electron chi connectivity index (χ1n) is 8.77. The number of ether oxygens (including phenoxy) is 1. The molecule has 0 saturated heterocycles. The number of carbonyl (C=O) groups excluding carboxylic acids is 1. The highest BCUT2D eigenvalue weighted by Gasteiger charge is 2.57. The van der Waals surface area contributed by atoms with Gasteiger partial charge in [0.05, 0.1) is 13.5 Å². The van der Waals surface area contributed by atoms with Crippen LogP contribution in [0.25, 0.3) is 0 Å². The molecular weight excluding hydrogens is 272 g/mol. The van der Waals surface area contributed by atoms with Gasteiger partial charge in [0.25, 0.3) is 0 Å². The second-order valence-electron chi connectivity index (χ2n) is 8.10. The summed E-state index contributed by atoms with van der Waals surface area (Å²) in [6.45, 7) is 0. The van der Waals surface area contributed by atoms with E-state index in [1.165, 1.54) is 57.6 Å². The van der Waals surface area contributed by atoms with E-state index < -0.39 is 0 Å². The summed E-state index contributed by atoms with van der Waals surface area (Å²) >= 11 is 0. The summed E-state index contributed by atoms with van der Waals surface area (Å²) in [5.41, 5.74) is 2.03. The van der Waals surface area contributed by atoms with Gasteiger partial charge in [0.2, 0.25) is 0 Å². The number of esters is 1. The molecule has 3 fully saturated rings. The van der Waals surface area contributed by atoms with Gasteiger partial charge in [-0.25, -0.2) is 0 Å². The fraction of sp³-hybridized carbons (Fsp3) is 0.650. The van der Waals surface area contributed by atoms with Crippen molar-refractivity contribution >= 4 is 5.97 Å². The molecule has 118 valence electrons. The molecule has 0 radical (unpaired) electrons. The third-order valence-electron chi connectivity index (χ3n) is 6.80. The molecule has 22 heavy (non-hydrogen) atoms. The van der Waals surface area contributed by atoms with Crippen molar-refractivity contribution in [2.24, 2.45) is 17.3 Å². The zero-order valence-electron chi connectivity index (χ0n) is 13.5. The van der Waals surface area contributed by atoms with E-state index in [9.17, 15) is 4.79 Å². The molecule has 4 rings (SSSR count).